The predicted octanol–water partition coefficient (Wildman–Crippen LogP) is 5.69. The number of nitriles is 1. The number of aromatic nitrogens is 2. The highest BCUT2D eigenvalue weighted by Crippen LogP contribution is 2.35. The number of nitrogens with one attached hydrogen (secondary N) is 3. The molecule has 0 saturated heterocycles. The zero-order valence-electron chi connectivity index (χ0n) is 19.9. The predicted molar refractivity (Wildman–Crippen MR) is 132 cm³/mol. The molecule has 3 aromatic rings. The molecule has 8 heteroatoms. The summed E-state index contributed by atoms with van der Waals surface area (Å²) in [7, 11) is 1.81. The summed E-state index contributed by atoms with van der Waals surface area (Å²) in [4.78, 5) is 21.7. The molecule has 34 heavy (non-hydrogen) atoms. The lowest BCUT2D eigenvalue weighted by molar-refractivity contribution is 0.226. The van der Waals surface area contributed by atoms with Crippen molar-refractivity contribution in [2.24, 2.45) is 5.41 Å². The highest BCUT2D eigenvalue weighted by atomic mass is 19.1. The minimum atomic E-state index is -0.496. The lowest BCUT2D eigenvalue weighted by atomic mass is 9.75. The fourth-order valence-corrected chi connectivity index (χ4v) is 4.49. The van der Waals surface area contributed by atoms with E-state index in [-0.39, 0.29) is 17.1 Å². The van der Waals surface area contributed by atoms with E-state index in [9.17, 15) is 14.4 Å². The third-order valence-corrected chi connectivity index (χ3v) is 6.69. The van der Waals surface area contributed by atoms with Gasteiger partial charge in [0, 0.05) is 42.0 Å². The number of carbonyl (C=O) groups excluding carboxylic acids is 1. The molecule has 2 amide bonds. The SMILES string of the molecule is CNc1cc2nc(C)c(-c3cc(NC(=O)N[C@H]4CC[C@](C)(C#N)CC4)c(F)cc3C)cc2cn1. The summed E-state index contributed by atoms with van der Waals surface area (Å²) >= 11 is 0. The Hall–Kier alpha value is -3.73. The quantitative estimate of drug-likeness (QED) is 0.464. The molecular weight excluding hydrogens is 431 g/mol. The molecule has 1 saturated carbocycles. The number of nitrogens with zero attached hydrogens (tertiary/aromatic N) is 3. The number of aryl methyl sites for hydroxylation is 2. The molecule has 0 bridgehead atoms. The fraction of sp³-hybridized carbons (Fsp3) is 0.385. The van der Waals surface area contributed by atoms with Gasteiger partial charge >= 0.3 is 6.03 Å². The summed E-state index contributed by atoms with van der Waals surface area (Å²) in [6.07, 6.45) is 4.67. The van der Waals surface area contributed by atoms with E-state index in [1.807, 2.05) is 32.9 Å². The zero-order chi connectivity index (χ0) is 24.5. The second-order valence-corrected chi connectivity index (χ2v) is 9.33. The van der Waals surface area contributed by atoms with Crippen LogP contribution in [0.25, 0.3) is 22.0 Å². The molecule has 2 aromatic heterocycles. The molecule has 0 spiro atoms. The summed E-state index contributed by atoms with van der Waals surface area (Å²) in [6, 6.07) is 8.83. The van der Waals surface area contributed by atoms with Gasteiger partial charge in [0.05, 0.1) is 22.7 Å². The van der Waals surface area contributed by atoms with E-state index < -0.39 is 11.8 Å². The van der Waals surface area contributed by atoms with Crippen molar-refractivity contribution in [2.75, 3.05) is 17.7 Å². The van der Waals surface area contributed by atoms with Gasteiger partial charge in [-0.1, -0.05) is 0 Å². The Labute approximate surface area is 198 Å². The van der Waals surface area contributed by atoms with Gasteiger partial charge < -0.3 is 16.0 Å². The second-order valence-electron chi connectivity index (χ2n) is 9.33. The molecule has 0 unspecified atom stereocenters. The number of urea groups is 1. The first-order valence-corrected chi connectivity index (χ1v) is 11.5. The molecule has 0 radical (unpaired) electrons. The van der Waals surface area contributed by atoms with Crippen molar-refractivity contribution >= 4 is 28.4 Å². The average Bonchev–Trinajstić information content (AvgIpc) is 2.82. The Balaban J connectivity index is 1.56. The number of amides is 2. The zero-order valence-corrected chi connectivity index (χ0v) is 19.9. The Morgan fingerprint density at radius 2 is 1.91 bits per heavy atom. The molecule has 0 atom stereocenters. The maximum atomic E-state index is 14.8. The number of hydrogen-bond acceptors (Lipinski definition) is 5. The van der Waals surface area contributed by atoms with Crippen molar-refractivity contribution in [3.63, 3.8) is 0 Å². The molecule has 0 aliphatic heterocycles. The van der Waals surface area contributed by atoms with E-state index in [2.05, 4.69) is 27.0 Å². The van der Waals surface area contributed by atoms with Gasteiger partial charge in [-0.25, -0.2) is 14.2 Å². The minimum absolute atomic E-state index is 0.0312. The summed E-state index contributed by atoms with van der Waals surface area (Å²) in [5, 5.41) is 18.8. The van der Waals surface area contributed by atoms with Crippen LogP contribution >= 0.6 is 0 Å². The number of pyridine rings is 2. The number of anilines is 2. The van der Waals surface area contributed by atoms with E-state index in [1.165, 1.54) is 6.07 Å². The first-order chi connectivity index (χ1) is 16.2. The minimum Gasteiger partial charge on any atom is -0.373 e. The van der Waals surface area contributed by atoms with Gasteiger partial charge in [-0.3, -0.25) is 4.98 Å². The molecule has 1 aliphatic carbocycles. The largest absolute Gasteiger partial charge is 0.373 e. The number of hydrogen-bond donors (Lipinski definition) is 3. The molecule has 176 valence electrons. The van der Waals surface area contributed by atoms with Gasteiger partial charge in [0.1, 0.15) is 11.6 Å². The summed E-state index contributed by atoms with van der Waals surface area (Å²) in [5.41, 5.74) is 3.79. The summed E-state index contributed by atoms with van der Waals surface area (Å²) in [6.45, 7) is 5.70. The van der Waals surface area contributed by atoms with Crippen LogP contribution in [-0.4, -0.2) is 29.1 Å². The number of carbonyl (C=O) groups is 1. The van der Waals surface area contributed by atoms with Gasteiger partial charge in [-0.2, -0.15) is 5.26 Å². The number of fused-ring (bicyclic) bond motifs is 1. The lowest BCUT2D eigenvalue weighted by Gasteiger charge is -2.32. The van der Waals surface area contributed by atoms with Crippen molar-refractivity contribution in [2.45, 2.75) is 52.5 Å². The van der Waals surface area contributed by atoms with Crippen LogP contribution in [0.4, 0.5) is 20.7 Å². The molecule has 3 N–H and O–H groups in total. The highest BCUT2D eigenvalue weighted by molar-refractivity contribution is 5.92. The molecule has 1 fully saturated rings. The van der Waals surface area contributed by atoms with Crippen LogP contribution in [0, 0.1) is 36.4 Å². The van der Waals surface area contributed by atoms with Crippen LogP contribution in [0.2, 0.25) is 0 Å². The Bertz CT molecular complexity index is 1290. The van der Waals surface area contributed by atoms with E-state index in [4.69, 9.17) is 4.98 Å². The highest BCUT2D eigenvalue weighted by Gasteiger charge is 2.31. The van der Waals surface area contributed by atoms with E-state index >= 15 is 0 Å². The summed E-state index contributed by atoms with van der Waals surface area (Å²) < 4.78 is 14.8. The number of rotatable bonds is 4. The molecule has 1 aliphatic rings. The smallest absolute Gasteiger partial charge is 0.319 e. The van der Waals surface area contributed by atoms with Gasteiger partial charge in [0.25, 0.3) is 0 Å². The van der Waals surface area contributed by atoms with Crippen molar-refractivity contribution < 1.29 is 9.18 Å². The maximum absolute atomic E-state index is 14.8. The third kappa shape index (κ3) is 4.79. The summed E-state index contributed by atoms with van der Waals surface area (Å²) in [5.74, 6) is 0.238. The topological polar surface area (TPSA) is 103 Å². The third-order valence-electron chi connectivity index (χ3n) is 6.69. The first-order valence-electron chi connectivity index (χ1n) is 11.5. The van der Waals surface area contributed by atoms with Crippen molar-refractivity contribution in [1.29, 1.82) is 5.26 Å². The lowest BCUT2D eigenvalue weighted by Crippen LogP contribution is -2.41. The van der Waals surface area contributed by atoms with Gasteiger partial charge in [0.2, 0.25) is 0 Å². The van der Waals surface area contributed by atoms with Crippen LogP contribution in [-0.2, 0) is 0 Å². The monoisotopic (exact) mass is 460 g/mol. The fourth-order valence-electron chi connectivity index (χ4n) is 4.49. The molecular formula is C26H29FN6O. The standard InChI is InChI=1S/C26H29FN6O/c1-15-9-21(27)23(33-25(34)32-18-5-7-26(3,14-28)8-6-18)11-19(15)20-10-17-13-30-24(29-4)12-22(17)31-16(20)2/h9-13,18H,5-8H2,1-4H3,(H,29,30)(H2,32,33,34)/t18-,26-. The maximum Gasteiger partial charge on any atom is 0.319 e. The molecule has 2 heterocycles. The first kappa shape index (κ1) is 23.4. The van der Waals surface area contributed by atoms with Crippen molar-refractivity contribution in [1.82, 2.24) is 15.3 Å². The van der Waals surface area contributed by atoms with E-state index in [1.54, 1.807) is 19.3 Å². The molecule has 7 nitrogen and oxygen atoms in total. The molecule has 1 aromatic carbocycles. The molecule has 4 rings (SSSR count). The van der Waals surface area contributed by atoms with Crippen LogP contribution in [0.3, 0.4) is 0 Å². The van der Waals surface area contributed by atoms with E-state index in [0.29, 0.717) is 0 Å². The van der Waals surface area contributed by atoms with Gasteiger partial charge in [0.15, 0.2) is 0 Å². The average molecular weight is 461 g/mol. The number of benzene rings is 1. The second kappa shape index (κ2) is 9.26. The van der Waals surface area contributed by atoms with Gasteiger partial charge in [-0.15, -0.1) is 0 Å². The van der Waals surface area contributed by atoms with E-state index in [0.717, 1.165) is 64.8 Å². The Morgan fingerprint density at radius 1 is 1.18 bits per heavy atom. The normalized spacial score (nSPS) is 19.9. The van der Waals surface area contributed by atoms with Crippen molar-refractivity contribution in [3.05, 3.63) is 47.5 Å². The van der Waals surface area contributed by atoms with Crippen LogP contribution in [0.5, 0.6) is 0 Å². The van der Waals surface area contributed by atoms with Crippen molar-refractivity contribution in [3.8, 4) is 17.2 Å². The van der Waals surface area contributed by atoms with Crippen LogP contribution < -0.4 is 16.0 Å². The van der Waals surface area contributed by atoms with Crippen LogP contribution in [0.15, 0.2) is 30.5 Å². The van der Waals surface area contributed by atoms with Gasteiger partial charge in [-0.05, 0) is 75.8 Å². The van der Waals surface area contributed by atoms with Crippen LogP contribution in [0.1, 0.15) is 43.9 Å². The number of halogens is 1. The Morgan fingerprint density at radius 3 is 2.59 bits per heavy atom. The Kier molecular flexibility index (Phi) is 6.38.